The van der Waals surface area contributed by atoms with Gasteiger partial charge >= 0.3 is 25.3 Å². The predicted octanol–water partition coefficient (Wildman–Crippen LogP) is -0.612. The maximum Gasteiger partial charge on any atom is 0.342 e. The molecule has 1 aromatic rings. The number of aromatic nitrogens is 2. The third-order valence-electron chi connectivity index (χ3n) is 5.42. The van der Waals surface area contributed by atoms with Crippen LogP contribution in [0.5, 0.6) is 0 Å². The summed E-state index contributed by atoms with van der Waals surface area (Å²) in [4.78, 5) is 50.3. The highest BCUT2D eigenvalue weighted by Gasteiger charge is 2.46. The Morgan fingerprint density at radius 1 is 1.08 bits per heavy atom. The molecular weight excluding hydrogens is 527 g/mol. The second-order valence-electron chi connectivity index (χ2n) is 9.44. The zero-order valence-electron chi connectivity index (χ0n) is 22.2. The van der Waals surface area contributed by atoms with E-state index in [1.54, 1.807) is 27.7 Å². The number of carbonyl (C=O) groups is 2. The van der Waals surface area contributed by atoms with Gasteiger partial charge in [0.25, 0.3) is 5.56 Å². The molecule has 1 aliphatic heterocycles. The van der Waals surface area contributed by atoms with Gasteiger partial charge in [-0.3, -0.25) is 28.5 Å². The number of rotatable bonds is 13. The third kappa shape index (κ3) is 8.56. The second-order valence-corrected chi connectivity index (χ2v) is 11.3. The van der Waals surface area contributed by atoms with E-state index >= 15 is 0 Å². The molecule has 0 radical (unpaired) electrons. The summed E-state index contributed by atoms with van der Waals surface area (Å²) in [5, 5.41) is 25.6. The lowest BCUT2D eigenvalue weighted by atomic mass is 9.99. The second kappa shape index (κ2) is 13.6. The van der Waals surface area contributed by atoms with E-state index < -0.39 is 92.7 Å². The molecule has 5 N–H and O–H groups in total. The van der Waals surface area contributed by atoms with E-state index in [9.17, 15) is 34.0 Å². The molecule has 0 aliphatic carbocycles. The largest absolute Gasteiger partial charge is 0.462 e. The highest BCUT2D eigenvalue weighted by atomic mass is 31.2. The van der Waals surface area contributed by atoms with Crippen molar-refractivity contribution < 1.29 is 43.1 Å². The van der Waals surface area contributed by atoms with Gasteiger partial charge in [-0.05, 0) is 41.5 Å². The lowest BCUT2D eigenvalue weighted by Crippen LogP contribution is -2.43. The van der Waals surface area contributed by atoms with E-state index in [2.05, 4.69) is 10.2 Å². The number of nitrogens with zero attached hydrogens (tertiary/aromatic N) is 1. The Kier molecular flexibility index (Phi) is 11.4. The van der Waals surface area contributed by atoms with Crippen LogP contribution in [0.3, 0.4) is 0 Å². The van der Waals surface area contributed by atoms with Crippen LogP contribution in [0, 0.1) is 5.92 Å². The fourth-order valence-electron chi connectivity index (χ4n) is 3.61. The van der Waals surface area contributed by atoms with Gasteiger partial charge in [0.1, 0.15) is 18.2 Å². The first-order valence-corrected chi connectivity index (χ1v) is 13.8. The Balaban J connectivity index is 2.24. The molecule has 0 amide bonds. The van der Waals surface area contributed by atoms with Crippen LogP contribution in [-0.4, -0.2) is 81.4 Å². The first-order valence-electron chi connectivity index (χ1n) is 12.1. The number of hydrogen-bond donors (Lipinski definition) is 5. The van der Waals surface area contributed by atoms with Crippen molar-refractivity contribution in [2.24, 2.45) is 5.92 Å². The molecule has 2 unspecified atom stereocenters. The van der Waals surface area contributed by atoms with Crippen LogP contribution in [0.15, 0.2) is 21.9 Å². The van der Waals surface area contributed by atoms with Gasteiger partial charge in [0.2, 0.25) is 0 Å². The van der Waals surface area contributed by atoms with Gasteiger partial charge < -0.3 is 28.9 Å². The molecule has 0 bridgehead atoms. The van der Waals surface area contributed by atoms with Crippen LogP contribution >= 0.6 is 7.67 Å². The number of aliphatic hydroxyl groups is 2. The average Bonchev–Trinajstić information content (AvgIpc) is 3.11. The van der Waals surface area contributed by atoms with Crippen molar-refractivity contribution in [2.75, 3.05) is 13.2 Å². The van der Waals surface area contributed by atoms with Gasteiger partial charge in [0.15, 0.2) is 6.23 Å². The maximum absolute atomic E-state index is 13.8. The molecule has 1 aromatic heterocycles. The van der Waals surface area contributed by atoms with Crippen LogP contribution in [0.2, 0.25) is 0 Å². The molecule has 0 aromatic carbocycles. The Morgan fingerprint density at radius 3 is 2.05 bits per heavy atom. The van der Waals surface area contributed by atoms with Crippen LogP contribution < -0.4 is 21.4 Å². The minimum Gasteiger partial charge on any atom is -0.462 e. The molecule has 1 saturated heterocycles. The van der Waals surface area contributed by atoms with Crippen LogP contribution in [0.4, 0.5) is 0 Å². The Morgan fingerprint density at radius 2 is 1.61 bits per heavy atom. The van der Waals surface area contributed by atoms with Gasteiger partial charge in [-0.15, -0.1) is 0 Å². The molecule has 0 saturated carbocycles. The Bertz CT molecular complexity index is 1090. The zero-order valence-corrected chi connectivity index (χ0v) is 23.0. The molecule has 38 heavy (non-hydrogen) atoms. The third-order valence-corrected chi connectivity index (χ3v) is 7.38. The number of esters is 2. The number of ether oxygens (including phenoxy) is 3. The highest BCUT2D eigenvalue weighted by Crippen LogP contribution is 2.42. The summed E-state index contributed by atoms with van der Waals surface area (Å²) >= 11 is 0. The van der Waals surface area contributed by atoms with Gasteiger partial charge in [-0.25, -0.2) is 15.0 Å². The summed E-state index contributed by atoms with van der Waals surface area (Å²) in [6, 6.07) is -1.19. The molecule has 15 nitrogen and oxygen atoms in total. The molecule has 6 atom stereocenters. The van der Waals surface area contributed by atoms with Crippen molar-refractivity contribution in [3.05, 3.63) is 33.1 Å². The van der Waals surface area contributed by atoms with E-state index in [4.69, 9.17) is 18.7 Å². The Hall–Kier alpha value is -2.39. The molecular formula is C22H37N4O11P. The van der Waals surface area contributed by atoms with Gasteiger partial charge in [0, 0.05) is 18.2 Å². The molecule has 16 heteroatoms. The number of H-pyrrole nitrogens is 1. The fourth-order valence-corrected chi connectivity index (χ4v) is 5.42. The number of aliphatic hydroxyl groups excluding tert-OH is 2. The van der Waals surface area contributed by atoms with E-state index in [0.717, 1.165) is 16.8 Å². The van der Waals surface area contributed by atoms with Gasteiger partial charge in [-0.2, -0.15) is 0 Å². The monoisotopic (exact) mass is 564 g/mol. The van der Waals surface area contributed by atoms with Crippen molar-refractivity contribution >= 4 is 19.6 Å². The van der Waals surface area contributed by atoms with Crippen LogP contribution in [0.25, 0.3) is 0 Å². The predicted molar refractivity (Wildman–Crippen MR) is 133 cm³/mol. The molecule has 0 spiro atoms. The summed E-state index contributed by atoms with van der Waals surface area (Å²) in [5.74, 6) is -2.42. The molecule has 2 rings (SSSR count). The smallest absolute Gasteiger partial charge is 0.342 e. The lowest BCUT2D eigenvalue weighted by molar-refractivity contribution is -0.149. The molecule has 216 valence electrons. The SMILES string of the molecule is CC(C)OC(=O)C(C)NP(=O)(NC(C)C(=O)OC(C)C)OC[C@H]1O[C@@H](n2ccc(=O)[nH]c2=O)[C@H](O)[C@@H]1CO. The van der Waals surface area contributed by atoms with Crippen molar-refractivity contribution in [2.45, 2.75) is 84.3 Å². The minimum atomic E-state index is -4.20. The minimum absolute atomic E-state index is 0.438. The van der Waals surface area contributed by atoms with Crippen molar-refractivity contribution in [1.82, 2.24) is 19.7 Å². The quantitative estimate of drug-likeness (QED) is 0.150. The average molecular weight is 565 g/mol. The number of nitrogens with one attached hydrogen (secondary N) is 3. The fraction of sp³-hybridized carbons (Fsp3) is 0.727. The van der Waals surface area contributed by atoms with Crippen molar-refractivity contribution in [3.8, 4) is 0 Å². The molecule has 2 heterocycles. The highest BCUT2D eigenvalue weighted by molar-refractivity contribution is 7.54. The van der Waals surface area contributed by atoms with Crippen LogP contribution in [0.1, 0.15) is 47.8 Å². The number of carbonyl (C=O) groups excluding carboxylic acids is 2. The van der Waals surface area contributed by atoms with Crippen molar-refractivity contribution in [3.63, 3.8) is 0 Å². The first kappa shape index (κ1) is 31.8. The maximum atomic E-state index is 13.8. The lowest BCUT2D eigenvalue weighted by Gasteiger charge is -2.28. The zero-order chi connectivity index (χ0) is 28.8. The number of aromatic amines is 1. The van der Waals surface area contributed by atoms with E-state index in [-0.39, 0.29) is 0 Å². The molecule has 1 aliphatic rings. The summed E-state index contributed by atoms with van der Waals surface area (Å²) in [6.07, 6.45) is -3.50. The van der Waals surface area contributed by atoms with Gasteiger partial charge in [0.05, 0.1) is 31.5 Å². The number of hydrogen-bond acceptors (Lipinski definition) is 11. The summed E-state index contributed by atoms with van der Waals surface area (Å²) in [6.45, 7) is 8.29. The van der Waals surface area contributed by atoms with E-state index in [1.165, 1.54) is 13.8 Å². The summed E-state index contributed by atoms with van der Waals surface area (Å²) < 4.78 is 36.3. The van der Waals surface area contributed by atoms with Crippen LogP contribution in [-0.2, 0) is 32.9 Å². The topological polar surface area (TPSA) is 208 Å². The summed E-state index contributed by atoms with van der Waals surface area (Å²) in [5.41, 5.74) is -1.49. The van der Waals surface area contributed by atoms with E-state index in [1.807, 2.05) is 4.98 Å². The normalized spacial score (nSPS) is 24.7. The molecule has 1 fully saturated rings. The first-order chi connectivity index (χ1) is 17.7. The van der Waals surface area contributed by atoms with Crippen molar-refractivity contribution in [1.29, 1.82) is 0 Å². The standard InChI is InChI=1S/C22H37N4O11P/c1-11(2)35-20(30)13(5)24-38(33,25-14(6)21(31)36-12(3)4)34-10-16-15(9-27)18(29)19(37-16)26-8-7-17(28)23-22(26)32/h7-8,11-16,18-19,27,29H,9-10H2,1-6H3,(H,23,28,32)(H2,24,25,33)/t13?,14?,15-,16-,18-,19-,38?/m1/s1. The Labute approximate surface area is 219 Å². The van der Waals surface area contributed by atoms with Gasteiger partial charge in [-0.1, -0.05) is 0 Å². The summed E-state index contributed by atoms with van der Waals surface area (Å²) in [7, 11) is -4.20. The van der Waals surface area contributed by atoms with E-state index in [0.29, 0.717) is 0 Å².